The van der Waals surface area contributed by atoms with E-state index in [1.165, 1.54) is 19.3 Å². The van der Waals surface area contributed by atoms with E-state index in [0.29, 0.717) is 19.0 Å². The largest absolute Gasteiger partial charge is 0.357 e. The Hall–Kier alpha value is -1.38. The Morgan fingerprint density at radius 3 is 2.73 bits per heavy atom. The lowest BCUT2D eigenvalue weighted by Gasteiger charge is -2.22. The average Bonchev–Trinajstić information content (AvgIpc) is 2.63. The van der Waals surface area contributed by atoms with Gasteiger partial charge in [-0.3, -0.25) is 14.8 Å². The standard InChI is InChI=1S/C19H31N5O.HI/c1-2-20-19(22-14-11-16-8-6-7-13-21-16)23-15-12-18(25)24-17-9-4-3-5-10-17;/h6-8,13,17H,2-5,9-12,14-15H2,1H3,(H,24,25)(H2,20,22,23);1H. The zero-order valence-electron chi connectivity index (χ0n) is 15.7. The quantitative estimate of drug-likeness (QED) is 0.308. The lowest BCUT2D eigenvalue weighted by atomic mass is 9.95. The number of pyridine rings is 1. The Morgan fingerprint density at radius 2 is 2.04 bits per heavy atom. The summed E-state index contributed by atoms with van der Waals surface area (Å²) in [6, 6.07) is 6.30. The van der Waals surface area contributed by atoms with Gasteiger partial charge in [-0.05, 0) is 31.9 Å². The van der Waals surface area contributed by atoms with E-state index in [1.807, 2.05) is 25.1 Å². The van der Waals surface area contributed by atoms with Crippen molar-refractivity contribution >= 4 is 35.8 Å². The highest BCUT2D eigenvalue weighted by molar-refractivity contribution is 14.0. The second-order valence-corrected chi connectivity index (χ2v) is 6.41. The van der Waals surface area contributed by atoms with Crippen LogP contribution in [0.15, 0.2) is 29.4 Å². The maximum atomic E-state index is 12.0. The van der Waals surface area contributed by atoms with Gasteiger partial charge in [0.1, 0.15) is 0 Å². The molecule has 3 N–H and O–H groups in total. The Morgan fingerprint density at radius 1 is 1.23 bits per heavy atom. The van der Waals surface area contributed by atoms with Crippen molar-refractivity contribution in [2.75, 3.05) is 19.6 Å². The molecule has 1 aromatic heterocycles. The van der Waals surface area contributed by atoms with E-state index in [2.05, 4.69) is 25.9 Å². The number of aliphatic imine (C=N–C) groups is 1. The van der Waals surface area contributed by atoms with Gasteiger partial charge in [0.05, 0.1) is 6.54 Å². The molecule has 1 saturated carbocycles. The third-order valence-corrected chi connectivity index (χ3v) is 4.32. The predicted molar refractivity (Wildman–Crippen MR) is 117 cm³/mol. The number of nitrogens with zero attached hydrogens (tertiary/aromatic N) is 2. The first-order valence-corrected chi connectivity index (χ1v) is 9.49. The number of carbonyl (C=O) groups is 1. The molecule has 0 saturated heterocycles. The highest BCUT2D eigenvalue weighted by Crippen LogP contribution is 2.17. The first-order valence-electron chi connectivity index (χ1n) is 9.49. The van der Waals surface area contributed by atoms with Crippen LogP contribution < -0.4 is 16.0 Å². The molecule has 0 aromatic carbocycles. The molecular formula is C19H32IN5O. The molecule has 1 aromatic rings. The first kappa shape index (κ1) is 22.7. The maximum absolute atomic E-state index is 12.0. The van der Waals surface area contributed by atoms with Crippen molar-refractivity contribution < 1.29 is 4.79 Å². The molecule has 7 heteroatoms. The minimum absolute atomic E-state index is 0. The zero-order chi connectivity index (χ0) is 17.7. The summed E-state index contributed by atoms with van der Waals surface area (Å²) in [7, 11) is 0. The summed E-state index contributed by atoms with van der Waals surface area (Å²) in [5.74, 6) is 0.865. The smallest absolute Gasteiger partial charge is 0.222 e. The normalized spacial score (nSPS) is 15.0. The number of carbonyl (C=O) groups excluding carboxylic acids is 1. The molecule has 0 aliphatic heterocycles. The number of rotatable bonds is 8. The number of hydrogen-bond acceptors (Lipinski definition) is 3. The predicted octanol–water partition coefficient (Wildman–Crippen LogP) is 2.64. The fourth-order valence-corrected chi connectivity index (χ4v) is 3.01. The summed E-state index contributed by atoms with van der Waals surface area (Å²) in [5, 5.41) is 9.63. The van der Waals surface area contributed by atoms with Gasteiger partial charge in [-0.2, -0.15) is 0 Å². The van der Waals surface area contributed by atoms with E-state index < -0.39 is 0 Å². The molecule has 1 fully saturated rings. The van der Waals surface area contributed by atoms with Crippen LogP contribution in [-0.2, 0) is 11.2 Å². The summed E-state index contributed by atoms with van der Waals surface area (Å²) in [5.41, 5.74) is 1.05. The second kappa shape index (κ2) is 13.8. The van der Waals surface area contributed by atoms with Crippen LogP contribution >= 0.6 is 24.0 Å². The molecular weight excluding hydrogens is 441 g/mol. The van der Waals surface area contributed by atoms with Crippen molar-refractivity contribution in [2.24, 2.45) is 4.99 Å². The molecule has 0 spiro atoms. The fraction of sp³-hybridized carbons (Fsp3) is 0.632. The van der Waals surface area contributed by atoms with Gasteiger partial charge < -0.3 is 16.0 Å². The van der Waals surface area contributed by atoms with Crippen LogP contribution in [0.5, 0.6) is 0 Å². The van der Waals surface area contributed by atoms with E-state index >= 15 is 0 Å². The number of nitrogens with one attached hydrogen (secondary N) is 3. The molecule has 26 heavy (non-hydrogen) atoms. The van der Waals surface area contributed by atoms with Crippen LogP contribution in [0.25, 0.3) is 0 Å². The molecule has 0 unspecified atom stereocenters. The van der Waals surface area contributed by atoms with Crippen molar-refractivity contribution in [2.45, 2.75) is 57.9 Å². The molecule has 1 heterocycles. The molecule has 0 bridgehead atoms. The van der Waals surface area contributed by atoms with Gasteiger partial charge >= 0.3 is 0 Å². The molecule has 0 atom stereocenters. The number of aromatic nitrogens is 1. The lowest BCUT2D eigenvalue weighted by Crippen LogP contribution is -2.39. The van der Waals surface area contributed by atoms with E-state index in [4.69, 9.17) is 0 Å². The molecule has 6 nitrogen and oxygen atoms in total. The van der Waals surface area contributed by atoms with Crippen molar-refractivity contribution in [3.8, 4) is 0 Å². The summed E-state index contributed by atoms with van der Waals surface area (Å²) in [4.78, 5) is 20.8. The lowest BCUT2D eigenvalue weighted by molar-refractivity contribution is -0.121. The Bertz CT molecular complexity index is 532. The first-order chi connectivity index (χ1) is 12.3. The third kappa shape index (κ3) is 9.35. The van der Waals surface area contributed by atoms with Gasteiger partial charge in [0.25, 0.3) is 0 Å². The Labute approximate surface area is 174 Å². The number of halogens is 1. The molecule has 1 amide bonds. The Balaban J connectivity index is 0.00000338. The number of hydrogen-bond donors (Lipinski definition) is 3. The van der Waals surface area contributed by atoms with Crippen molar-refractivity contribution in [1.82, 2.24) is 20.9 Å². The topological polar surface area (TPSA) is 78.4 Å². The van der Waals surface area contributed by atoms with E-state index in [1.54, 1.807) is 6.20 Å². The summed E-state index contributed by atoms with van der Waals surface area (Å²) >= 11 is 0. The van der Waals surface area contributed by atoms with E-state index in [0.717, 1.165) is 44.0 Å². The highest BCUT2D eigenvalue weighted by atomic mass is 127. The zero-order valence-corrected chi connectivity index (χ0v) is 18.0. The monoisotopic (exact) mass is 473 g/mol. The van der Waals surface area contributed by atoms with Gasteiger partial charge in [0.15, 0.2) is 5.96 Å². The SMILES string of the molecule is CCNC(=NCCC(=O)NC1CCCCC1)NCCc1ccccn1.I. The van der Waals surface area contributed by atoms with Gasteiger partial charge in [0, 0.05) is 43.9 Å². The maximum Gasteiger partial charge on any atom is 0.222 e. The molecule has 146 valence electrons. The van der Waals surface area contributed by atoms with Gasteiger partial charge in [-0.1, -0.05) is 25.3 Å². The van der Waals surface area contributed by atoms with Crippen LogP contribution in [0.2, 0.25) is 0 Å². The van der Waals surface area contributed by atoms with Crippen LogP contribution in [0.3, 0.4) is 0 Å². The highest BCUT2D eigenvalue weighted by Gasteiger charge is 2.15. The van der Waals surface area contributed by atoms with Crippen LogP contribution in [0, 0.1) is 0 Å². The molecule has 0 radical (unpaired) electrons. The summed E-state index contributed by atoms with van der Waals surface area (Å²) < 4.78 is 0. The van der Waals surface area contributed by atoms with E-state index in [9.17, 15) is 4.79 Å². The van der Waals surface area contributed by atoms with Crippen molar-refractivity contribution in [3.05, 3.63) is 30.1 Å². The second-order valence-electron chi connectivity index (χ2n) is 6.41. The van der Waals surface area contributed by atoms with Crippen LogP contribution in [0.4, 0.5) is 0 Å². The summed E-state index contributed by atoms with van der Waals surface area (Å²) in [6.45, 7) is 4.09. The number of guanidine groups is 1. The van der Waals surface area contributed by atoms with Crippen molar-refractivity contribution in [1.29, 1.82) is 0 Å². The van der Waals surface area contributed by atoms with E-state index in [-0.39, 0.29) is 29.9 Å². The van der Waals surface area contributed by atoms with Gasteiger partial charge in [0.2, 0.25) is 5.91 Å². The fourth-order valence-electron chi connectivity index (χ4n) is 3.01. The third-order valence-electron chi connectivity index (χ3n) is 4.32. The summed E-state index contributed by atoms with van der Waals surface area (Å²) in [6.07, 6.45) is 9.08. The van der Waals surface area contributed by atoms with Crippen LogP contribution in [-0.4, -0.2) is 42.5 Å². The minimum Gasteiger partial charge on any atom is -0.357 e. The van der Waals surface area contributed by atoms with Gasteiger partial charge in [-0.25, -0.2) is 0 Å². The van der Waals surface area contributed by atoms with Crippen molar-refractivity contribution in [3.63, 3.8) is 0 Å². The van der Waals surface area contributed by atoms with Crippen LogP contribution in [0.1, 0.15) is 51.1 Å². The number of amides is 1. The Kier molecular flexibility index (Phi) is 12.0. The minimum atomic E-state index is 0. The average molecular weight is 473 g/mol. The molecule has 1 aliphatic rings. The van der Waals surface area contributed by atoms with Gasteiger partial charge in [-0.15, -0.1) is 24.0 Å². The molecule has 2 rings (SSSR count). The molecule has 1 aliphatic carbocycles.